The lowest BCUT2D eigenvalue weighted by molar-refractivity contribution is -0.135. The summed E-state index contributed by atoms with van der Waals surface area (Å²) in [6, 6.07) is 6.20. The monoisotopic (exact) mass is 347 g/mol. The first-order chi connectivity index (χ1) is 11.5. The smallest absolute Gasteiger partial charge is 0.322 e. The lowest BCUT2D eigenvalue weighted by Crippen LogP contribution is -2.29. The highest BCUT2D eigenvalue weighted by molar-refractivity contribution is 7.13. The van der Waals surface area contributed by atoms with Gasteiger partial charge in [-0.3, -0.25) is 14.4 Å². The maximum absolute atomic E-state index is 12.1. The number of carboxylic acid groups (broad SMARTS) is 1. The van der Waals surface area contributed by atoms with E-state index in [9.17, 15) is 14.4 Å². The highest BCUT2D eigenvalue weighted by Crippen LogP contribution is 2.17. The third-order valence-corrected chi connectivity index (χ3v) is 4.10. The van der Waals surface area contributed by atoms with Gasteiger partial charge in [0.2, 0.25) is 0 Å². The number of hydrogen-bond donors (Lipinski definition) is 3. The lowest BCUT2D eigenvalue weighted by Gasteiger charge is -2.05. The number of aryl methyl sites for hydroxylation is 1. The van der Waals surface area contributed by atoms with E-state index in [2.05, 4.69) is 22.5 Å². The Labute approximate surface area is 142 Å². The van der Waals surface area contributed by atoms with Gasteiger partial charge in [0.15, 0.2) is 0 Å². The minimum absolute atomic E-state index is 0.252. The molecule has 2 rings (SSSR count). The number of aliphatic carboxylic acids is 1. The Kier molecular flexibility index (Phi) is 6.02. The standard InChI is InChI=1S/C16H17N3O4S/c1-2-3-13-17-8-12(24-13)16(23)19-11-6-4-10(5-7-11)15(22)18-9-14(20)21/h4-8H,2-3,9H2,1H3,(H,18,22)(H,19,23)(H,20,21). The number of carbonyl (C=O) groups is 3. The number of thiazole rings is 1. The molecule has 0 aliphatic heterocycles. The average Bonchev–Trinajstić information content (AvgIpc) is 3.02. The zero-order valence-electron chi connectivity index (χ0n) is 13.0. The maximum atomic E-state index is 12.1. The molecule has 0 saturated carbocycles. The van der Waals surface area contributed by atoms with E-state index >= 15 is 0 Å². The molecule has 7 nitrogen and oxygen atoms in total. The van der Waals surface area contributed by atoms with E-state index in [1.54, 1.807) is 18.3 Å². The summed E-state index contributed by atoms with van der Waals surface area (Å²) in [6.07, 6.45) is 3.37. The fourth-order valence-electron chi connectivity index (χ4n) is 1.90. The molecule has 0 radical (unpaired) electrons. The second kappa shape index (κ2) is 8.21. The quantitative estimate of drug-likeness (QED) is 0.711. The molecule has 0 aliphatic rings. The Morgan fingerprint density at radius 2 is 1.88 bits per heavy atom. The van der Waals surface area contributed by atoms with Crippen LogP contribution in [-0.4, -0.2) is 34.4 Å². The average molecular weight is 347 g/mol. The van der Waals surface area contributed by atoms with Crippen molar-refractivity contribution in [3.63, 3.8) is 0 Å². The van der Waals surface area contributed by atoms with E-state index in [0.29, 0.717) is 16.1 Å². The minimum atomic E-state index is -1.11. The second-order valence-electron chi connectivity index (χ2n) is 4.98. The molecule has 0 bridgehead atoms. The van der Waals surface area contributed by atoms with Gasteiger partial charge in [0, 0.05) is 11.3 Å². The van der Waals surface area contributed by atoms with Crippen molar-refractivity contribution < 1.29 is 19.5 Å². The van der Waals surface area contributed by atoms with E-state index in [1.807, 2.05) is 0 Å². The summed E-state index contributed by atoms with van der Waals surface area (Å²) in [6.45, 7) is 1.61. The molecule has 126 valence electrons. The topological polar surface area (TPSA) is 108 Å². The normalized spacial score (nSPS) is 10.2. The Hall–Kier alpha value is -2.74. The van der Waals surface area contributed by atoms with Crippen molar-refractivity contribution in [2.75, 3.05) is 11.9 Å². The molecule has 2 amide bonds. The largest absolute Gasteiger partial charge is 0.480 e. The molecule has 1 aromatic heterocycles. The van der Waals surface area contributed by atoms with Crippen LogP contribution in [0.1, 0.15) is 38.4 Å². The van der Waals surface area contributed by atoms with Crippen LogP contribution in [0.3, 0.4) is 0 Å². The van der Waals surface area contributed by atoms with Crippen LogP contribution in [0.5, 0.6) is 0 Å². The molecule has 0 unspecified atom stereocenters. The summed E-state index contributed by atoms with van der Waals surface area (Å²) in [5.41, 5.74) is 0.859. The minimum Gasteiger partial charge on any atom is -0.480 e. The van der Waals surface area contributed by atoms with Gasteiger partial charge >= 0.3 is 5.97 Å². The molecule has 24 heavy (non-hydrogen) atoms. The number of nitrogens with zero attached hydrogens (tertiary/aromatic N) is 1. The Morgan fingerprint density at radius 1 is 1.17 bits per heavy atom. The Morgan fingerprint density at radius 3 is 2.50 bits per heavy atom. The van der Waals surface area contributed by atoms with E-state index < -0.39 is 18.4 Å². The van der Waals surface area contributed by atoms with Crippen LogP contribution in [0, 0.1) is 0 Å². The molecular weight excluding hydrogens is 330 g/mol. The summed E-state index contributed by atoms with van der Waals surface area (Å²) in [5.74, 6) is -1.85. The van der Waals surface area contributed by atoms with Crippen molar-refractivity contribution in [1.82, 2.24) is 10.3 Å². The summed E-state index contributed by atoms with van der Waals surface area (Å²) in [5, 5.41) is 14.5. The number of benzene rings is 1. The molecule has 0 fully saturated rings. The number of nitrogens with one attached hydrogen (secondary N) is 2. The fraction of sp³-hybridized carbons (Fsp3) is 0.250. The van der Waals surface area contributed by atoms with Crippen molar-refractivity contribution in [1.29, 1.82) is 0 Å². The predicted octanol–water partition coefficient (Wildman–Crippen LogP) is 2.16. The molecule has 8 heteroatoms. The van der Waals surface area contributed by atoms with Gasteiger partial charge in [0.25, 0.3) is 11.8 Å². The van der Waals surface area contributed by atoms with Crippen LogP contribution in [-0.2, 0) is 11.2 Å². The third-order valence-electron chi connectivity index (χ3n) is 3.05. The number of amides is 2. The van der Waals surface area contributed by atoms with Crippen molar-refractivity contribution in [2.24, 2.45) is 0 Å². The molecule has 0 spiro atoms. The van der Waals surface area contributed by atoms with Crippen LogP contribution < -0.4 is 10.6 Å². The van der Waals surface area contributed by atoms with Crippen LogP contribution in [0.4, 0.5) is 5.69 Å². The van der Waals surface area contributed by atoms with E-state index in [1.165, 1.54) is 23.5 Å². The molecule has 1 aromatic carbocycles. The summed E-state index contributed by atoms with van der Waals surface area (Å²) >= 11 is 1.36. The van der Waals surface area contributed by atoms with Crippen LogP contribution in [0.25, 0.3) is 0 Å². The number of carboxylic acids is 1. The SMILES string of the molecule is CCCc1ncc(C(=O)Nc2ccc(C(=O)NCC(=O)O)cc2)s1. The van der Waals surface area contributed by atoms with Gasteiger partial charge in [0.05, 0.1) is 11.2 Å². The van der Waals surface area contributed by atoms with Gasteiger partial charge in [0.1, 0.15) is 11.4 Å². The second-order valence-corrected chi connectivity index (χ2v) is 6.09. The highest BCUT2D eigenvalue weighted by atomic mass is 32.1. The molecule has 0 atom stereocenters. The lowest BCUT2D eigenvalue weighted by atomic mass is 10.2. The van der Waals surface area contributed by atoms with Crippen LogP contribution in [0.2, 0.25) is 0 Å². The number of rotatable bonds is 7. The van der Waals surface area contributed by atoms with Gasteiger partial charge < -0.3 is 15.7 Å². The zero-order valence-corrected chi connectivity index (χ0v) is 13.9. The van der Waals surface area contributed by atoms with Crippen molar-refractivity contribution in [3.05, 3.63) is 45.9 Å². The molecule has 0 aliphatic carbocycles. The van der Waals surface area contributed by atoms with Crippen molar-refractivity contribution >= 4 is 34.8 Å². The summed E-state index contributed by atoms with van der Waals surface area (Å²) in [4.78, 5) is 39.0. The number of carbonyl (C=O) groups excluding carboxylic acids is 2. The van der Waals surface area contributed by atoms with Crippen molar-refractivity contribution in [2.45, 2.75) is 19.8 Å². The van der Waals surface area contributed by atoms with E-state index in [0.717, 1.165) is 17.8 Å². The maximum Gasteiger partial charge on any atom is 0.322 e. The zero-order chi connectivity index (χ0) is 17.5. The predicted molar refractivity (Wildman–Crippen MR) is 90.5 cm³/mol. The van der Waals surface area contributed by atoms with Gasteiger partial charge in [-0.25, -0.2) is 4.98 Å². The fourth-order valence-corrected chi connectivity index (χ4v) is 2.81. The van der Waals surface area contributed by atoms with E-state index in [-0.39, 0.29) is 5.91 Å². The number of anilines is 1. The molecule has 3 N–H and O–H groups in total. The van der Waals surface area contributed by atoms with Gasteiger partial charge in [-0.1, -0.05) is 6.92 Å². The van der Waals surface area contributed by atoms with Gasteiger partial charge in [-0.15, -0.1) is 11.3 Å². The number of hydrogen-bond acceptors (Lipinski definition) is 5. The van der Waals surface area contributed by atoms with Gasteiger partial charge in [-0.2, -0.15) is 0 Å². The first kappa shape index (κ1) is 17.6. The third kappa shape index (κ3) is 4.88. The summed E-state index contributed by atoms with van der Waals surface area (Å²) in [7, 11) is 0. The molecule has 0 saturated heterocycles. The van der Waals surface area contributed by atoms with E-state index in [4.69, 9.17) is 5.11 Å². The van der Waals surface area contributed by atoms with Crippen molar-refractivity contribution in [3.8, 4) is 0 Å². The van der Waals surface area contributed by atoms with Gasteiger partial charge in [-0.05, 0) is 37.1 Å². The molecule has 1 heterocycles. The Balaban J connectivity index is 1.96. The number of aromatic nitrogens is 1. The summed E-state index contributed by atoms with van der Waals surface area (Å²) < 4.78 is 0. The molecular formula is C16H17N3O4S. The van der Waals surface area contributed by atoms with Crippen LogP contribution in [0.15, 0.2) is 30.5 Å². The highest BCUT2D eigenvalue weighted by Gasteiger charge is 2.11. The molecule has 2 aromatic rings. The van der Waals surface area contributed by atoms with Crippen LogP contribution >= 0.6 is 11.3 Å². The Bertz CT molecular complexity index is 740. The first-order valence-corrected chi connectivity index (χ1v) is 8.17. The first-order valence-electron chi connectivity index (χ1n) is 7.35.